The molecule has 0 aliphatic carbocycles. The second kappa shape index (κ2) is 7.23. The van der Waals surface area contributed by atoms with E-state index in [4.69, 9.17) is 0 Å². The van der Waals surface area contributed by atoms with E-state index < -0.39 is 0 Å². The summed E-state index contributed by atoms with van der Waals surface area (Å²) >= 11 is 0. The molecule has 1 heterocycles. The number of nitrogens with one attached hydrogen (secondary N) is 2. The molecule has 0 fully saturated rings. The molecule has 1 aromatic heterocycles. The molecule has 0 saturated heterocycles. The first-order valence-corrected chi connectivity index (χ1v) is 6.86. The molecule has 0 atom stereocenters. The van der Waals surface area contributed by atoms with Crippen molar-refractivity contribution in [2.45, 2.75) is 13.5 Å². The van der Waals surface area contributed by atoms with Gasteiger partial charge in [0.05, 0.1) is 12.2 Å². The predicted molar refractivity (Wildman–Crippen MR) is 81.0 cm³/mol. The number of aromatic nitrogens is 2. The summed E-state index contributed by atoms with van der Waals surface area (Å²) in [6, 6.07) is 12.6. The molecule has 2 amide bonds. The Labute approximate surface area is 122 Å². The molecule has 0 spiro atoms. The van der Waals surface area contributed by atoms with Gasteiger partial charge in [0.25, 0.3) is 5.56 Å². The van der Waals surface area contributed by atoms with Gasteiger partial charge < -0.3 is 10.6 Å². The lowest BCUT2D eigenvalue weighted by atomic mass is 10.1. The lowest BCUT2D eigenvalue weighted by Gasteiger charge is -2.08. The fraction of sp³-hybridized carbons (Fsp3) is 0.267. The summed E-state index contributed by atoms with van der Waals surface area (Å²) < 4.78 is 1.36. The van der Waals surface area contributed by atoms with Gasteiger partial charge in [0.1, 0.15) is 0 Å². The lowest BCUT2D eigenvalue weighted by Crippen LogP contribution is -2.38. The van der Waals surface area contributed by atoms with E-state index in [1.807, 2.05) is 37.3 Å². The molecule has 0 aliphatic rings. The number of nitrogens with zero attached hydrogens (tertiary/aromatic N) is 2. The van der Waals surface area contributed by atoms with Crippen LogP contribution in [0.1, 0.15) is 6.92 Å². The minimum absolute atomic E-state index is 0.188. The molecule has 0 radical (unpaired) electrons. The van der Waals surface area contributed by atoms with Crippen LogP contribution in [0, 0.1) is 0 Å². The third-order valence-electron chi connectivity index (χ3n) is 2.88. The van der Waals surface area contributed by atoms with E-state index in [1.165, 1.54) is 10.7 Å². The van der Waals surface area contributed by atoms with Crippen molar-refractivity contribution in [2.24, 2.45) is 0 Å². The highest BCUT2D eigenvalue weighted by atomic mass is 16.2. The molecule has 6 nitrogen and oxygen atoms in total. The van der Waals surface area contributed by atoms with E-state index in [0.29, 0.717) is 19.6 Å². The van der Waals surface area contributed by atoms with Gasteiger partial charge in [-0.3, -0.25) is 4.79 Å². The number of amides is 2. The Balaban J connectivity index is 2.06. The Hall–Kier alpha value is -2.63. The number of hydrogen-bond donors (Lipinski definition) is 2. The zero-order valence-electron chi connectivity index (χ0n) is 11.9. The highest BCUT2D eigenvalue weighted by Gasteiger charge is 2.03. The summed E-state index contributed by atoms with van der Waals surface area (Å²) in [6.45, 7) is 3.08. The first kappa shape index (κ1) is 14.8. The summed E-state index contributed by atoms with van der Waals surface area (Å²) in [7, 11) is 0. The van der Waals surface area contributed by atoms with Crippen molar-refractivity contribution in [1.82, 2.24) is 20.4 Å². The van der Waals surface area contributed by atoms with Crippen LogP contribution in [0.5, 0.6) is 0 Å². The fourth-order valence-electron chi connectivity index (χ4n) is 1.87. The van der Waals surface area contributed by atoms with Crippen molar-refractivity contribution < 1.29 is 4.79 Å². The Morgan fingerprint density at radius 2 is 1.90 bits per heavy atom. The zero-order valence-corrected chi connectivity index (χ0v) is 11.9. The average molecular weight is 286 g/mol. The number of urea groups is 1. The Morgan fingerprint density at radius 3 is 2.62 bits per heavy atom. The molecule has 110 valence electrons. The number of benzene rings is 1. The molecule has 1 aromatic carbocycles. The van der Waals surface area contributed by atoms with E-state index in [0.717, 1.165) is 11.3 Å². The third-order valence-corrected chi connectivity index (χ3v) is 2.88. The van der Waals surface area contributed by atoms with E-state index in [9.17, 15) is 9.59 Å². The molecular weight excluding hydrogens is 268 g/mol. The van der Waals surface area contributed by atoms with Crippen LogP contribution >= 0.6 is 0 Å². The molecule has 6 heteroatoms. The van der Waals surface area contributed by atoms with E-state index in [-0.39, 0.29) is 11.6 Å². The van der Waals surface area contributed by atoms with Crippen LogP contribution in [0.15, 0.2) is 47.3 Å². The summed E-state index contributed by atoms with van der Waals surface area (Å²) in [6.07, 6.45) is 0. The number of carbonyl (C=O) groups excluding carboxylic acids is 1. The second-order valence-electron chi connectivity index (χ2n) is 4.43. The lowest BCUT2D eigenvalue weighted by molar-refractivity contribution is 0.241. The SMILES string of the molecule is CCNC(=O)NCCn1nc(-c2ccccc2)ccc1=O. The van der Waals surface area contributed by atoms with E-state index in [2.05, 4.69) is 15.7 Å². The Kier molecular flexibility index (Phi) is 5.09. The predicted octanol–water partition coefficient (Wildman–Crippen LogP) is 1.23. The van der Waals surface area contributed by atoms with Gasteiger partial charge in [-0.1, -0.05) is 30.3 Å². The van der Waals surface area contributed by atoms with Crippen molar-refractivity contribution in [2.75, 3.05) is 13.1 Å². The molecule has 0 bridgehead atoms. The van der Waals surface area contributed by atoms with Crippen LogP contribution < -0.4 is 16.2 Å². The van der Waals surface area contributed by atoms with Crippen molar-refractivity contribution in [3.05, 3.63) is 52.8 Å². The first-order valence-electron chi connectivity index (χ1n) is 6.86. The third kappa shape index (κ3) is 4.17. The molecular formula is C15H18N4O2. The fourth-order valence-corrected chi connectivity index (χ4v) is 1.87. The van der Waals surface area contributed by atoms with Crippen molar-refractivity contribution >= 4 is 6.03 Å². The summed E-state index contributed by atoms with van der Waals surface area (Å²) in [5.74, 6) is 0. The summed E-state index contributed by atoms with van der Waals surface area (Å²) in [5.41, 5.74) is 1.49. The van der Waals surface area contributed by atoms with Crippen LogP contribution in [0.4, 0.5) is 4.79 Å². The summed E-state index contributed by atoms with van der Waals surface area (Å²) in [5, 5.41) is 9.61. The average Bonchev–Trinajstić information content (AvgIpc) is 2.50. The summed E-state index contributed by atoms with van der Waals surface area (Å²) in [4.78, 5) is 23.1. The van der Waals surface area contributed by atoms with Crippen LogP contribution in [-0.2, 0) is 6.54 Å². The number of carbonyl (C=O) groups is 1. The van der Waals surface area contributed by atoms with Crippen LogP contribution in [0.2, 0.25) is 0 Å². The van der Waals surface area contributed by atoms with Gasteiger partial charge in [-0.25, -0.2) is 9.48 Å². The van der Waals surface area contributed by atoms with Crippen LogP contribution in [0.25, 0.3) is 11.3 Å². The Bertz CT molecular complexity index is 652. The van der Waals surface area contributed by atoms with E-state index in [1.54, 1.807) is 6.07 Å². The van der Waals surface area contributed by atoms with Crippen LogP contribution in [0.3, 0.4) is 0 Å². The van der Waals surface area contributed by atoms with E-state index >= 15 is 0 Å². The first-order chi connectivity index (χ1) is 10.2. The molecule has 0 aliphatic heterocycles. The molecule has 2 N–H and O–H groups in total. The van der Waals surface area contributed by atoms with Crippen molar-refractivity contribution in [3.63, 3.8) is 0 Å². The van der Waals surface area contributed by atoms with Gasteiger partial charge in [0, 0.05) is 24.7 Å². The van der Waals surface area contributed by atoms with Gasteiger partial charge >= 0.3 is 6.03 Å². The molecule has 0 unspecified atom stereocenters. The molecule has 0 saturated carbocycles. The highest BCUT2D eigenvalue weighted by molar-refractivity contribution is 5.73. The highest BCUT2D eigenvalue weighted by Crippen LogP contribution is 2.13. The van der Waals surface area contributed by atoms with Gasteiger partial charge in [0.15, 0.2) is 0 Å². The van der Waals surface area contributed by atoms with Crippen molar-refractivity contribution in [3.8, 4) is 11.3 Å². The zero-order chi connectivity index (χ0) is 15.1. The van der Waals surface area contributed by atoms with Gasteiger partial charge in [-0.15, -0.1) is 0 Å². The largest absolute Gasteiger partial charge is 0.338 e. The van der Waals surface area contributed by atoms with Gasteiger partial charge in [0.2, 0.25) is 0 Å². The molecule has 2 rings (SSSR count). The molecule has 2 aromatic rings. The van der Waals surface area contributed by atoms with Crippen molar-refractivity contribution in [1.29, 1.82) is 0 Å². The quantitative estimate of drug-likeness (QED) is 0.868. The topological polar surface area (TPSA) is 76.0 Å². The normalized spacial score (nSPS) is 10.1. The van der Waals surface area contributed by atoms with Gasteiger partial charge in [-0.05, 0) is 13.0 Å². The second-order valence-corrected chi connectivity index (χ2v) is 4.43. The minimum Gasteiger partial charge on any atom is -0.338 e. The monoisotopic (exact) mass is 286 g/mol. The maximum atomic E-state index is 11.8. The minimum atomic E-state index is -0.246. The standard InChI is InChI=1S/C15H18N4O2/c1-2-16-15(21)17-10-11-19-14(20)9-8-13(18-19)12-6-4-3-5-7-12/h3-9H,2,10-11H2,1H3,(H2,16,17,21). The maximum absolute atomic E-state index is 11.8. The Morgan fingerprint density at radius 1 is 1.14 bits per heavy atom. The maximum Gasteiger partial charge on any atom is 0.314 e. The molecule has 21 heavy (non-hydrogen) atoms. The van der Waals surface area contributed by atoms with Gasteiger partial charge in [-0.2, -0.15) is 5.10 Å². The number of hydrogen-bond acceptors (Lipinski definition) is 3. The smallest absolute Gasteiger partial charge is 0.314 e. The number of rotatable bonds is 5. The van der Waals surface area contributed by atoms with Crippen LogP contribution in [-0.4, -0.2) is 28.9 Å².